The van der Waals surface area contributed by atoms with Crippen LogP contribution in [0.1, 0.15) is 35.7 Å². The molecule has 4 heteroatoms. The van der Waals surface area contributed by atoms with Crippen LogP contribution in [0.15, 0.2) is 18.2 Å². The Hall–Kier alpha value is -1.55. The lowest BCUT2D eigenvalue weighted by atomic mass is 9.92. The summed E-state index contributed by atoms with van der Waals surface area (Å²) in [4.78, 5) is 14.4. The molecule has 1 unspecified atom stereocenters. The lowest BCUT2D eigenvalue weighted by Crippen LogP contribution is -2.40. The number of aliphatic hydroxyl groups excluding tert-OH is 1. The summed E-state index contributed by atoms with van der Waals surface area (Å²) in [5, 5.41) is 9.61. The maximum Gasteiger partial charge on any atom is 0.253 e. The number of benzene rings is 1. The number of fused-ring (bicyclic) bond motifs is 1. The second-order valence-corrected chi connectivity index (χ2v) is 5.79. The lowest BCUT2D eigenvalue weighted by molar-refractivity contribution is 0.0521. The smallest absolute Gasteiger partial charge is 0.253 e. The quantitative estimate of drug-likeness (QED) is 0.896. The molecule has 2 aliphatic heterocycles. The van der Waals surface area contributed by atoms with Crippen molar-refractivity contribution >= 4 is 5.91 Å². The van der Waals surface area contributed by atoms with Crippen molar-refractivity contribution in [3.8, 4) is 5.75 Å². The molecular formula is C16H21NO3. The summed E-state index contributed by atoms with van der Waals surface area (Å²) in [6.07, 6.45) is 2.39. The average molecular weight is 275 g/mol. The molecule has 0 aromatic heterocycles. The molecule has 1 atom stereocenters. The molecule has 1 aromatic carbocycles. The van der Waals surface area contributed by atoms with Gasteiger partial charge in [-0.2, -0.15) is 0 Å². The maximum atomic E-state index is 12.5. The molecule has 1 aromatic rings. The van der Waals surface area contributed by atoms with Crippen molar-refractivity contribution in [2.75, 3.05) is 19.7 Å². The highest BCUT2D eigenvalue weighted by atomic mass is 16.5. The molecular weight excluding hydrogens is 254 g/mol. The van der Waals surface area contributed by atoms with Crippen LogP contribution in [-0.2, 0) is 6.42 Å². The third-order valence-electron chi connectivity index (χ3n) is 4.45. The second kappa shape index (κ2) is 5.44. The van der Waals surface area contributed by atoms with Gasteiger partial charge in [0, 0.05) is 25.1 Å². The number of hydrogen-bond acceptors (Lipinski definition) is 3. The molecule has 0 bridgehead atoms. The summed E-state index contributed by atoms with van der Waals surface area (Å²) < 4.78 is 5.47. The molecule has 1 fully saturated rings. The van der Waals surface area contributed by atoms with Gasteiger partial charge in [0.15, 0.2) is 0 Å². The second-order valence-electron chi connectivity index (χ2n) is 5.79. The van der Waals surface area contributed by atoms with Gasteiger partial charge in [-0.1, -0.05) is 0 Å². The number of nitrogens with zero attached hydrogens (tertiary/aromatic N) is 1. The molecule has 1 amide bonds. The molecule has 0 aliphatic carbocycles. The minimum atomic E-state index is -0.274. The molecule has 0 radical (unpaired) electrons. The van der Waals surface area contributed by atoms with E-state index in [1.165, 1.54) is 0 Å². The van der Waals surface area contributed by atoms with Crippen LogP contribution < -0.4 is 4.74 Å². The zero-order valence-corrected chi connectivity index (χ0v) is 11.8. The minimum absolute atomic E-state index is 0.101. The van der Waals surface area contributed by atoms with E-state index < -0.39 is 0 Å². The molecule has 0 saturated carbocycles. The largest absolute Gasteiger partial charge is 0.493 e. The van der Waals surface area contributed by atoms with Gasteiger partial charge in [-0.15, -0.1) is 0 Å². The summed E-state index contributed by atoms with van der Waals surface area (Å²) in [6.45, 7) is 4.03. The molecule has 1 saturated heterocycles. The van der Waals surface area contributed by atoms with Gasteiger partial charge in [0.25, 0.3) is 5.91 Å². The Morgan fingerprint density at radius 1 is 1.40 bits per heavy atom. The van der Waals surface area contributed by atoms with Crippen LogP contribution in [0.2, 0.25) is 0 Å². The zero-order chi connectivity index (χ0) is 14.1. The number of hydrogen-bond donors (Lipinski definition) is 1. The van der Waals surface area contributed by atoms with Crippen molar-refractivity contribution in [1.29, 1.82) is 0 Å². The van der Waals surface area contributed by atoms with Gasteiger partial charge in [0.1, 0.15) is 5.75 Å². The predicted octanol–water partition coefficient (Wildman–Crippen LogP) is 1.85. The third-order valence-corrected chi connectivity index (χ3v) is 4.45. The molecule has 1 N–H and O–H groups in total. The summed E-state index contributed by atoms with van der Waals surface area (Å²) in [5.74, 6) is 1.34. The summed E-state index contributed by atoms with van der Waals surface area (Å²) in [6, 6.07) is 5.72. The first-order valence-corrected chi connectivity index (χ1v) is 7.38. The Morgan fingerprint density at radius 3 is 2.85 bits per heavy atom. The summed E-state index contributed by atoms with van der Waals surface area (Å²) >= 11 is 0. The van der Waals surface area contributed by atoms with E-state index in [0.29, 0.717) is 12.5 Å². The van der Waals surface area contributed by atoms with Crippen LogP contribution in [0.5, 0.6) is 5.75 Å². The molecule has 0 spiro atoms. The monoisotopic (exact) mass is 275 g/mol. The summed E-state index contributed by atoms with van der Waals surface area (Å²) in [7, 11) is 0. The number of amides is 1. The minimum Gasteiger partial charge on any atom is -0.493 e. The Morgan fingerprint density at radius 2 is 2.15 bits per heavy atom. The van der Waals surface area contributed by atoms with Gasteiger partial charge >= 0.3 is 0 Å². The van der Waals surface area contributed by atoms with Crippen LogP contribution in [0.4, 0.5) is 0 Å². The Bertz CT molecular complexity index is 504. The van der Waals surface area contributed by atoms with Gasteiger partial charge in [-0.05, 0) is 49.4 Å². The van der Waals surface area contributed by atoms with E-state index in [1.807, 2.05) is 30.0 Å². The molecule has 2 heterocycles. The van der Waals surface area contributed by atoms with Crippen molar-refractivity contribution in [3.63, 3.8) is 0 Å². The van der Waals surface area contributed by atoms with Crippen molar-refractivity contribution in [1.82, 2.24) is 4.90 Å². The fourth-order valence-electron chi connectivity index (χ4n) is 3.09. The topological polar surface area (TPSA) is 49.8 Å². The third kappa shape index (κ3) is 2.52. The van der Waals surface area contributed by atoms with E-state index in [1.54, 1.807) is 0 Å². The van der Waals surface area contributed by atoms with Crippen LogP contribution >= 0.6 is 0 Å². The molecule has 4 nitrogen and oxygen atoms in total. The number of ether oxygens (including phenoxy) is 1. The van der Waals surface area contributed by atoms with E-state index in [4.69, 9.17) is 4.74 Å². The first kappa shape index (κ1) is 13.4. The van der Waals surface area contributed by atoms with Gasteiger partial charge in [0.05, 0.1) is 12.7 Å². The summed E-state index contributed by atoms with van der Waals surface area (Å²) in [5.41, 5.74) is 1.89. The Balaban J connectivity index is 1.68. The average Bonchev–Trinajstić information content (AvgIpc) is 2.94. The van der Waals surface area contributed by atoms with E-state index in [9.17, 15) is 9.90 Å². The SMILES string of the molecule is CC(O)C1CCN(C(=O)c2ccc3c(c2)CCO3)CC1. The van der Waals surface area contributed by atoms with Crippen LogP contribution in [-0.4, -0.2) is 41.7 Å². The Labute approximate surface area is 119 Å². The molecule has 3 rings (SSSR count). The zero-order valence-electron chi connectivity index (χ0n) is 11.8. The van der Waals surface area contributed by atoms with E-state index in [2.05, 4.69) is 0 Å². The number of rotatable bonds is 2. The number of piperidine rings is 1. The number of aliphatic hydroxyl groups is 1. The van der Waals surface area contributed by atoms with Crippen molar-refractivity contribution in [2.45, 2.75) is 32.3 Å². The lowest BCUT2D eigenvalue weighted by Gasteiger charge is -2.33. The number of carbonyl (C=O) groups is 1. The van der Waals surface area contributed by atoms with Crippen molar-refractivity contribution < 1.29 is 14.6 Å². The highest BCUT2D eigenvalue weighted by Crippen LogP contribution is 2.27. The molecule has 20 heavy (non-hydrogen) atoms. The predicted molar refractivity (Wildman–Crippen MR) is 75.9 cm³/mol. The Kier molecular flexibility index (Phi) is 3.66. The van der Waals surface area contributed by atoms with Gasteiger partial charge in [-0.3, -0.25) is 4.79 Å². The fourth-order valence-corrected chi connectivity index (χ4v) is 3.09. The van der Waals surface area contributed by atoms with Crippen LogP contribution in [0.3, 0.4) is 0 Å². The van der Waals surface area contributed by atoms with Gasteiger partial charge < -0.3 is 14.7 Å². The normalized spacial score (nSPS) is 20.4. The van der Waals surface area contributed by atoms with Crippen molar-refractivity contribution in [2.24, 2.45) is 5.92 Å². The number of carbonyl (C=O) groups excluding carboxylic acids is 1. The highest BCUT2D eigenvalue weighted by molar-refractivity contribution is 5.94. The van der Waals surface area contributed by atoms with E-state index >= 15 is 0 Å². The van der Waals surface area contributed by atoms with Crippen LogP contribution in [0.25, 0.3) is 0 Å². The van der Waals surface area contributed by atoms with E-state index in [-0.39, 0.29) is 12.0 Å². The maximum absolute atomic E-state index is 12.5. The fraction of sp³-hybridized carbons (Fsp3) is 0.562. The van der Waals surface area contributed by atoms with Crippen molar-refractivity contribution in [3.05, 3.63) is 29.3 Å². The first-order chi connectivity index (χ1) is 9.65. The van der Waals surface area contributed by atoms with Gasteiger partial charge in [0.2, 0.25) is 0 Å². The molecule has 108 valence electrons. The highest BCUT2D eigenvalue weighted by Gasteiger charge is 2.26. The number of likely N-dealkylation sites (tertiary alicyclic amines) is 1. The van der Waals surface area contributed by atoms with Gasteiger partial charge in [-0.25, -0.2) is 0 Å². The van der Waals surface area contributed by atoms with E-state index in [0.717, 1.165) is 49.2 Å². The standard InChI is InChI=1S/C16H21NO3/c1-11(18)12-4-7-17(8-5-12)16(19)14-2-3-15-13(10-14)6-9-20-15/h2-3,10-12,18H,4-9H2,1H3. The first-order valence-electron chi connectivity index (χ1n) is 7.38. The molecule has 2 aliphatic rings. The van der Waals surface area contributed by atoms with Crippen LogP contribution in [0, 0.1) is 5.92 Å².